The molecule has 64 valence electrons. The maximum Gasteiger partial charge on any atom is 0.160 e. The van der Waals surface area contributed by atoms with Gasteiger partial charge in [-0.1, -0.05) is 30.0 Å². The largest absolute Gasteiger partial charge is 0.324 e. The first-order chi connectivity index (χ1) is 5.75. The molecule has 0 saturated carbocycles. The molecule has 1 aromatic carbocycles. The summed E-state index contributed by atoms with van der Waals surface area (Å²) in [6.07, 6.45) is 1.90. The van der Waals surface area contributed by atoms with E-state index in [1.165, 1.54) is 11.8 Å². The minimum atomic E-state index is 0.557. The number of thioether (sulfide) groups is 1. The molecule has 0 aliphatic heterocycles. The lowest BCUT2D eigenvalue weighted by Crippen LogP contribution is -2.21. The van der Waals surface area contributed by atoms with Gasteiger partial charge in [-0.15, -0.1) is 0 Å². The number of rotatable bonds is 1. The molecule has 1 rings (SSSR count). The summed E-state index contributed by atoms with van der Waals surface area (Å²) in [6.45, 7) is 0. The van der Waals surface area contributed by atoms with Crippen molar-refractivity contribution in [1.29, 1.82) is 5.41 Å². The fourth-order valence-corrected chi connectivity index (χ4v) is 1.29. The van der Waals surface area contributed by atoms with E-state index in [1.54, 1.807) is 0 Å². The normalized spacial score (nSPS) is 9.50. The van der Waals surface area contributed by atoms with Crippen LogP contribution < -0.4 is 4.90 Å². The van der Waals surface area contributed by atoms with Crippen LogP contribution >= 0.6 is 11.8 Å². The number of amidine groups is 1. The molecule has 0 heterocycles. The molecule has 0 atom stereocenters. The Morgan fingerprint density at radius 2 is 1.92 bits per heavy atom. The van der Waals surface area contributed by atoms with Crippen molar-refractivity contribution in [3.8, 4) is 0 Å². The molecule has 0 aliphatic carbocycles. The summed E-state index contributed by atoms with van der Waals surface area (Å²) in [5.41, 5.74) is 1.05. The number of benzene rings is 1. The second-order valence-corrected chi connectivity index (χ2v) is 3.20. The molecule has 0 aliphatic rings. The van der Waals surface area contributed by atoms with Crippen LogP contribution in [0.4, 0.5) is 5.69 Å². The molecule has 0 aromatic heterocycles. The maximum atomic E-state index is 7.57. The van der Waals surface area contributed by atoms with Crippen LogP contribution in [-0.2, 0) is 0 Å². The Hall–Kier alpha value is -0.960. The second-order valence-electron chi connectivity index (χ2n) is 2.40. The minimum absolute atomic E-state index is 0.557. The predicted octanol–water partition coefficient (Wildman–Crippen LogP) is 2.42. The Kier molecular flexibility index (Phi) is 3.17. The molecule has 1 N–H and O–H groups in total. The standard InChI is InChI=1S/C9H12N2S/c1-11(9(10)12-2)8-6-4-3-5-7-8/h3-7,10H,1-2H3. The number of nitrogens with zero attached hydrogens (tertiary/aromatic N) is 1. The fraction of sp³-hybridized carbons (Fsp3) is 0.222. The van der Waals surface area contributed by atoms with Crippen LogP contribution in [0.2, 0.25) is 0 Å². The van der Waals surface area contributed by atoms with E-state index in [0.29, 0.717) is 5.17 Å². The van der Waals surface area contributed by atoms with E-state index in [4.69, 9.17) is 5.41 Å². The number of nitrogens with one attached hydrogen (secondary N) is 1. The predicted molar refractivity (Wildman–Crippen MR) is 56.1 cm³/mol. The van der Waals surface area contributed by atoms with Crippen molar-refractivity contribution >= 4 is 22.6 Å². The molecule has 0 spiro atoms. The highest BCUT2D eigenvalue weighted by Crippen LogP contribution is 2.14. The topological polar surface area (TPSA) is 27.1 Å². The zero-order valence-electron chi connectivity index (χ0n) is 7.24. The van der Waals surface area contributed by atoms with Crippen molar-refractivity contribution in [2.24, 2.45) is 0 Å². The van der Waals surface area contributed by atoms with Crippen LogP contribution in [0, 0.1) is 5.41 Å². The first-order valence-electron chi connectivity index (χ1n) is 3.67. The van der Waals surface area contributed by atoms with Gasteiger partial charge in [0.2, 0.25) is 0 Å². The number of hydrogen-bond acceptors (Lipinski definition) is 2. The van der Waals surface area contributed by atoms with E-state index in [-0.39, 0.29) is 0 Å². The molecule has 0 unspecified atom stereocenters. The van der Waals surface area contributed by atoms with Crippen LogP contribution in [0.5, 0.6) is 0 Å². The monoisotopic (exact) mass is 180 g/mol. The Balaban J connectivity index is 2.78. The first-order valence-corrected chi connectivity index (χ1v) is 4.89. The maximum absolute atomic E-state index is 7.57. The van der Waals surface area contributed by atoms with Crippen LogP contribution in [0.3, 0.4) is 0 Å². The summed E-state index contributed by atoms with van der Waals surface area (Å²) < 4.78 is 0. The van der Waals surface area contributed by atoms with E-state index in [2.05, 4.69) is 0 Å². The van der Waals surface area contributed by atoms with E-state index in [9.17, 15) is 0 Å². The van der Waals surface area contributed by atoms with Crippen molar-refractivity contribution in [3.05, 3.63) is 30.3 Å². The van der Waals surface area contributed by atoms with Gasteiger partial charge in [-0.3, -0.25) is 5.41 Å². The Morgan fingerprint density at radius 1 is 1.33 bits per heavy atom. The summed E-state index contributed by atoms with van der Waals surface area (Å²) in [5, 5.41) is 8.13. The summed E-state index contributed by atoms with van der Waals surface area (Å²) in [7, 11) is 1.90. The third-order valence-electron chi connectivity index (χ3n) is 1.64. The van der Waals surface area contributed by atoms with Crippen LogP contribution in [0.15, 0.2) is 30.3 Å². The number of para-hydroxylation sites is 1. The third-order valence-corrected chi connectivity index (χ3v) is 2.30. The minimum Gasteiger partial charge on any atom is -0.324 e. The Morgan fingerprint density at radius 3 is 2.42 bits per heavy atom. The van der Waals surface area contributed by atoms with Crippen LogP contribution in [0.1, 0.15) is 0 Å². The van der Waals surface area contributed by atoms with Crippen molar-refractivity contribution in [2.45, 2.75) is 0 Å². The van der Waals surface area contributed by atoms with Crippen LogP contribution in [-0.4, -0.2) is 18.5 Å². The van der Waals surface area contributed by atoms with E-state index in [1.807, 2.05) is 48.5 Å². The van der Waals surface area contributed by atoms with Gasteiger partial charge in [0.1, 0.15) is 0 Å². The van der Waals surface area contributed by atoms with Gasteiger partial charge in [0.05, 0.1) is 0 Å². The molecule has 0 fully saturated rings. The molecule has 2 nitrogen and oxygen atoms in total. The highest BCUT2D eigenvalue weighted by Gasteiger charge is 2.03. The van der Waals surface area contributed by atoms with Crippen molar-refractivity contribution in [2.75, 3.05) is 18.2 Å². The zero-order chi connectivity index (χ0) is 8.97. The van der Waals surface area contributed by atoms with Crippen molar-refractivity contribution in [1.82, 2.24) is 0 Å². The van der Waals surface area contributed by atoms with Gasteiger partial charge >= 0.3 is 0 Å². The molecule has 12 heavy (non-hydrogen) atoms. The van der Waals surface area contributed by atoms with Gasteiger partial charge in [0.25, 0.3) is 0 Å². The van der Waals surface area contributed by atoms with E-state index >= 15 is 0 Å². The third kappa shape index (κ3) is 2.01. The molecule has 3 heteroatoms. The summed E-state index contributed by atoms with van der Waals surface area (Å²) in [6, 6.07) is 9.90. The molecule has 0 bridgehead atoms. The first kappa shape index (κ1) is 9.13. The number of hydrogen-bond donors (Lipinski definition) is 1. The molecular formula is C9H12N2S. The quantitative estimate of drug-likeness (QED) is 0.531. The highest BCUT2D eigenvalue weighted by atomic mass is 32.2. The summed E-state index contributed by atoms with van der Waals surface area (Å²) in [4.78, 5) is 1.85. The molecule has 0 saturated heterocycles. The molecule has 0 radical (unpaired) electrons. The summed E-state index contributed by atoms with van der Waals surface area (Å²) in [5.74, 6) is 0. The average molecular weight is 180 g/mol. The molecule has 1 aromatic rings. The highest BCUT2D eigenvalue weighted by molar-refractivity contribution is 8.13. The van der Waals surface area contributed by atoms with Gasteiger partial charge in [0.15, 0.2) is 5.17 Å². The number of anilines is 1. The zero-order valence-corrected chi connectivity index (χ0v) is 8.06. The smallest absolute Gasteiger partial charge is 0.160 e. The van der Waals surface area contributed by atoms with Crippen molar-refractivity contribution in [3.63, 3.8) is 0 Å². The van der Waals surface area contributed by atoms with Gasteiger partial charge in [0, 0.05) is 12.7 Å². The van der Waals surface area contributed by atoms with E-state index < -0.39 is 0 Å². The molecule has 0 amide bonds. The lowest BCUT2D eigenvalue weighted by Gasteiger charge is -2.17. The van der Waals surface area contributed by atoms with Gasteiger partial charge < -0.3 is 4.90 Å². The van der Waals surface area contributed by atoms with Gasteiger partial charge in [-0.25, -0.2) is 0 Å². The summed E-state index contributed by atoms with van der Waals surface area (Å²) >= 11 is 1.44. The average Bonchev–Trinajstić information content (AvgIpc) is 2.17. The fourth-order valence-electron chi connectivity index (χ4n) is 0.906. The lowest BCUT2D eigenvalue weighted by atomic mass is 10.3. The van der Waals surface area contributed by atoms with Gasteiger partial charge in [-0.05, 0) is 18.4 Å². The lowest BCUT2D eigenvalue weighted by molar-refractivity contribution is 1.26. The van der Waals surface area contributed by atoms with Crippen LogP contribution in [0.25, 0.3) is 0 Å². The van der Waals surface area contributed by atoms with Gasteiger partial charge in [-0.2, -0.15) is 0 Å². The Labute approximate surface area is 77.1 Å². The van der Waals surface area contributed by atoms with E-state index in [0.717, 1.165) is 5.69 Å². The van der Waals surface area contributed by atoms with Crippen molar-refractivity contribution < 1.29 is 0 Å². The molecular weight excluding hydrogens is 168 g/mol. The SMILES string of the molecule is CSC(=N)N(C)c1ccccc1. The second kappa shape index (κ2) is 4.16. The Bertz CT molecular complexity index is 258.